The minimum absolute atomic E-state index is 0.0159. The van der Waals surface area contributed by atoms with Gasteiger partial charge in [-0.25, -0.2) is 4.39 Å². The summed E-state index contributed by atoms with van der Waals surface area (Å²) in [5.41, 5.74) is 0.761. The lowest BCUT2D eigenvalue weighted by atomic mass is 9.96. The van der Waals surface area contributed by atoms with Crippen molar-refractivity contribution >= 4 is 17.5 Å². The van der Waals surface area contributed by atoms with E-state index >= 15 is 0 Å². The third-order valence-electron chi connectivity index (χ3n) is 3.47. The molecule has 22 heavy (non-hydrogen) atoms. The van der Waals surface area contributed by atoms with Gasteiger partial charge in [0.25, 0.3) is 17.5 Å². The first-order valence-electron chi connectivity index (χ1n) is 6.38. The summed E-state index contributed by atoms with van der Waals surface area (Å²) in [7, 11) is 0. The van der Waals surface area contributed by atoms with E-state index in [9.17, 15) is 24.1 Å². The van der Waals surface area contributed by atoms with Gasteiger partial charge < -0.3 is 0 Å². The molecule has 0 saturated heterocycles. The summed E-state index contributed by atoms with van der Waals surface area (Å²) in [4.78, 5) is 33.9. The predicted octanol–water partition coefficient (Wildman–Crippen LogP) is 2.21. The van der Waals surface area contributed by atoms with Gasteiger partial charge in [-0.3, -0.25) is 25.0 Å². The largest absolute Gasteiger partial charge is 0.288 e. The second-order valence-electron chi connectivity index (χ2n) is 4.83. The smallest absolute Gasteiger partial charge is 0.273 e. The van der Waals surface area contributed by atoms with E-state index in [0.29, 0.717) is 5.56 Å². The number of nitrogens with one attached hydrogen (secondary N) is 1. The van der Waals surface area contributed by atoms with Crippen LogP contribution in [0.1, 0.15) is 31.8 Å². The molecule has 6 nitrogen and oxygen atoms in total. The molecule has 0 spiro atoms. The summed E-state index contributed by atoms with van der Waals surface area (Å²) < 4.78 is 13.4. The molecule has 1 heterocycles. The molecule has 0 atom stereocenters. The Kier molecular flexibility index (Phi) is 3.17. The van der Waals surface area contributed by atoms with Gasteiger partial charge in [0.1, 0.15) is 5.82 Å². The van der Waals surface area contributed by atoms with Gasteiger partial charge in [-0.15, -0.1) is 0 Å². The number of amides is 2. The molecule has 2 aromatic rings. The molecule has 0 aliphatic carbocycles. The molecule has 7 heteroatoms. The monoisotopic (exact) mass is 300 g/mol. The number of nitro groups is 1. The molecular weight excluding hydrogens is 291 g/mol. The zero-order valence-electron chi connectivity index (χ0n) is 11.1. The molecule has 3 rings (SSSR count). The standard InChI is InChI=1S/C15H9FN2O4/c16-10-4-5-12(18(21)22)9(7-10)6-8-2-1-3-11-13(8)15(20)17-14(11)19/h1-5,7H,6H2,(H,17,19,20). The molecule has 0 bridgehead atoms. The molecule has 0 saturated carbocycles. The summed E-state index contributed by atoms with van der Waals surface area (Å²) in [6, 6.07) is 7.82. The number of imide groups is 1. The zero-order valence-corrected chi connectivity index (χ0v) is 11.1. The van der Waals surface area contributed by atoms with Crippen LogP contribution in [-0.4, -0.2) is 16.7 Å². The number of hydrogen-bond donors (Lipinski definition) is 1. The summed E-state index contributed by atoms with van der Waals surface area (Å²) in [5.74, 6) is -1.65. The van der Waals surface area contributed by atoms with Crippen molar-refractivity contribution in [2.24, 2.45) is 0 Å². The SMILES string of the molecule is O=C1NC(=O)c2c(Cc3cc(F)ccc3[N+](=O)[O-])cccc21. The molecule has 1 aliphatic heterocycles. The van der Waals surface area contributed by atoms with Crippen molar-refractivity contribution in [2.45, 2.75) is 6.42 Å². The number of rotatable bonds is 3. The minimum atomic E-state index is -0.608. The van der Waals surface area contributed by atoms with Crippen molar-refractivity contribution in [1.29, 1.82) is 0 Å². The fraction of sp³-hybridized carbons (Fsp3) is 0.0667. The van der Waals surface area contributed by atoms with E-state index in [1.165, 1.54) is 6.07 Å². The minimum Gasteiger partial charge on any atom is -0.288 e. The Morgan fingerprint density at radius 3 is 2.59 bits per heavy atom. The lowest BCUT2D eigenvalue weighted by molar-refractivity contribution is -0.385. The fourth-order valence-electron chi connectivity index (χ4n) is 2.52. The average molecular weight is 300 g/mol. The lowest BCUT2D eigenvalue weighted by Crippen LogP contribution is -2.20. The fourth-order valence-corrected chi connectivity index (χ4v) is 2.52. The quantitative estimate of drug-likeness (QED) is 0.534. The highest BCUT2D eigenvalue weighted by Gasteiger charge is 2.29. The number of carbonyl (C=O) groups is 2. The lowest BCUT2D eigenvalue weighted by Gasteiger charge is -2.07. The average Bonchev–Trinajstić information content (AvgIpc) is 2.75. The van der Waals surface area contributed by atoms with Crippen LogP contribution in [0.25, 0.3) is 0 Å². The highest BCUT2D eigenvalue weighted by molar-refractivity contribution is 6.22. The number of fused-ring (bicyclic) bond motifs is 1. The first kappa shape index (κ1) is 13.9. The summed E-state index contributed by atoms with van der Waals surface area (Å²) in [6.45, 7) is 0. The number of nitrogens with zero attached hydrogens (tertiary/aromatic N) is 1. The van der Waals surface area contributed by atoms with Crippen molar-refractivity contribution in [3.8, 4) is 0 Å². The highest BCUT2D eigenvalue weighted by Crippen LogP contribution is 2.27. The van der Waals surface area contributed by atoms with Crippen LogP contribution in [0.15, 0.2) is 36.4 Å². The van der Waals surface area contributed by atoms with Crippen LogP contribution in [0.5, 0.6) is 0 Å². The van der Waals surface area contributed by atoms with Gasteiger partial charge in [0.15, 0.2) is 0 Å². The van der Waals surface area contributed by atoms with Crippen molar-refractivity contribution < 1.29 is 18.9 Å². The van der Waals surface area contributed by atoms with Crippen molar-refractivity contribution in [3.05, 3.63) is 74.6 Å². The Balaban J connectivity index is 2.10. The zero-order chi connectivity index (χ0) is 15.9. The van der Waals surface area contributed by atoms with Crippen LogP contribution in [0.2, 0.25) is 0 Å². The Morgan fingerprint density at radius 1 is 1.09 bits per heavy atom. The van der Waals surface area contributed by atoms with E-state index in [0.717, 1.165) is 18.2 Å². The van der Waals surface area contributed by atoms with Crippen LogP contribution in [0.3, 0.4) is 0 Å². The number of carbonyl (C=O) groups excluding carboxylic acids is 2. The summed E-state index contributed by atoms with van der Waals surface area (Å²) in [5, 5.41) is 13.2. The topological polar surface area (TPSA) is 89.3 Å². The van der Waals surface area contributed by atoms with Gasteiger partial charge >= 0.3 is 0 Å². The van der Waals surface area contributed by atoms with Crippen LogP contribution in [0.4, 0.5) is 10.1 Å². The Bertz CT molecular complexity index is 832. The van der Waals surface area contributed by atoms with E-state index in [-0.39, 0.29) is 28.8 Å². The first-order valence-corrected chi connectivity index (χ1v) is 6.38. The summed E-state index contributed by atoms with van der Waals surface area (Å²) >= 11 is 0. The van der Waals surface area contributed by atoms with E-state index in [4.69, 9.17) is 0 Å². The molecule has 2 aromatic carbocycles. The molecule has 0 unspecified atom stereocenters. The Hall–Kier alpha value is -3.09. The molecule has 1 aliphatic rings. The van der Waals surface area contributed by atoms with Crippen molar-refractivity contribution in [3.63, 3.8) is 0 Å². The maximum Gasteiger partial charge on any atom is 0.273 e. The maximum atomic E-state index is 13.4. The number of halogens is 1. The molecule has 0 radical (unpaired) electrons. The molecule has 0 aromatic heterocycles. The normalized spacial score (nSPS) is 13.0. The van der Waals surface area contributed by atoms with Gasteiger partial charge in [0.05, 0.1) is 16.1 Å². The van der Waals surface area contributed by atoms with Crippen LogP contribution in [-0.2, 0) is 6.42 Å². The van der Waals surface area contributed by atoms with Crippen LogP contribution >= 0.6 is 0 Å². The van der Waals surface area contributed by atoms with E-state index in [1.807, 2.05) is 0 Å². The predicted molar refractivity (Wildman–Crippen MR) is 74.1 cm³/mol. The number of benzene rings is 2. The van der Waals surface area contributed by atoms with E-state index < -0.39 is 22.6 Å². The molecular formula is C15H9FN2O4. The van der Waals surface area contributed by atoms with Crippen molar-refractivity contribution in [1.82, 2.24) is 5.32 Å². The van der Waals surface area contributed by atoms with Gasteiger partial charge in [-0.05, 0) is 23.8 Å². The van der Waals surface area contributed by atoms with Crippen LogP contribution in [0, 0.1) is 15.9 Å². The van der Waals surface area contributed by atoms with Gasteiger partial charge in [0.2, 0.25) is 0 Å². The van der Waals surface area contributed by atoms with E-state index in [2.05, 4.69) is 5.32 Å². The van der Waals surface area contributed by atoms with Crippen molar-refractivity contribution in [2.75, 3.05) is 0 Å². The number of nitro benzene ring substituents is 1. The third-order valence-corrected chi connectivity index (χ3v) is 3.47. The Morgan fingerprint density at radius 2 is 1.86 bits per heavy atom. The third kappa shape index (κ3) is 2.22. The van der Waals surface area contributed by atoms with Gasteiger partial charge in [0, 0.05) is 18.1 Å². The maximum absolute atomic E-state index is 13.4. The van der Waals surface area contributed by atoms with E-state index in [1.54, 1.807) is 12.1 Å². The molecule has 110 valence electrons. The second kappa shape index (κ2) is 5.03. The van der Waals surface area contributed by atoms with Crippen LogP contribution < -0.4 is 5.32 Å². The molecule has 1 N–H and O–H groups in total. The van der Waals surface area contributed by atoms with Gasteiger partial charge in [-0.1, -0.05) is 12.1 Å². The highest BCUT2D eigenvalue weighted by atomic mass is 19.1. The molecule has 2 amide bonds. The Labute approximate surface area is 123 Å². The number of hydrogen-bond acceptors (Lipinski definition) is 4. The second-order valence-corrected chi connectivity index (χ2v) is 4.83. The van der Waals surface area contributed by atoms with Gasteiger partial charge in [-0.2, -0.15) is 0 Å². The summed E-state index contributed by atoms with van der Waals surface area (Å²) in [6.07, 6.45) is -0.0159. The molecule has 0 fully saturated rings. The first-order chi connectivity index (χ1) is 10.5.